The molecule has 0 aliphatic rings. The Morgan fingerprint density at radius 2 is 2.17 bits per heavy atom. The van der Waals surface area contributed by atoms with Crippen LogP contribution in [0, 0.1) is 6.92 Å². The highest BCUT2D eigenvalue weighted by Gasteiger charge is 2.05. The first-order valence-electron chi connectivity index (χ1n) is 6.27. The number of carbonyl (C=O) groups is 1. The summed E-state index contributed by atoms with van der Waals surface area (Å²) in [6.45, 7) is 5.15. The molecule has 0 unspecified atom stereocenters. The molecule has 3 heteroatoms. The highest BCUT2D eigenvalue weighted by molar-refractivity contribution is 5.87. The van der Waals surface area contributed by atoms with Crippen molar-refractivity contribution in [3.8, 4) is 0 Å². The normalized spacial score (nSPS) is 10.8. The van der Waals surface area contributed by atoms with Crippen molar-refractivity contribution in [3.63, 3.8) is 0 Å². The van der Waals surface area contributed by atoms with E-state index in [0.717, 1.165) is 36.2 Å². The van der Waals surface area contributed by atoms with Gasteiger partial charge in [0, 0.05) is 25.4 Å². The van der Waals surface area contributed by atoms with E-state index in [1.165, 1.54) is 6.08 Å². The lowest BCUT2D eigenvalue weighted by atomic mass is 10.1. The van der Waals surface area contributed by atoms with Crippen LogP contribution in [0.3, 0.4) is 0 Å². The van der Waals surface area contributed by atoms with E-state index in [9.17, 15) is 4.79 Å². The van der Waals surface area contributed by atoms with Crippen LogP contribution in [0.15, 0.2) is 24.3 Å². The molecule has 0 bridgehead atoms. The second-order valence-electron chi connectivity index (χ2n) is 4.51. The minimum absolute atomic E-state index is 0.918. The Hall–Kier alpha value is -1.77. The molecule has 1 aromatic carbocycles. The van der Waals surface area contributed by atoms with Gasteiger partial charge in [0.1, 0.15) is 0 Å². The molecule has 98 valence electrons. The number of hydrogen-bond donors (Lipinski definition) is 1. The number of benzene rings is 1. The van der Waals surface area contributed by atoms with Gasteiger partial charge in [0.05, 0.1) is 0 Å². The van der Waals surface area contributed by atoms with E-state index in [0.29, 0.717) is 0 Å². The third-order valence-electron chi connectivity index (χ3n) is 2.85. The third kappa shape index (κ3) is 4.24. The van der Waals surface area contributed by atoms with Crippen LogP contribution < -0.4 is 4.90 Å². The molecule has 3 nitrogen and oxygen atoms in total. The van der Waals surface area contributed by atoms with Crippen molar-refractivity contribution in [2.24, 2.45) is 0 Å². The zero-order valence-electron chi connectivity index (χ0n) is 11.3. The number of rotatable bonds is 6. The van der Waals surface area contributed by atoms with Crippen molar-refractivity contribution < 1.29 is 9.90 Å². The van der Waals surface area contributed by atoms with E-state index in [1.807, 2.05) is 26.1 Å². The van der Waals surface area contributed by atoms with Crippen molar-refractivity contribution in [2.75, 3.05) is 18.5 Å². The summed E-state index contributed by atoms with van der Waals surface area (Å²) in [7, 11) is 2.04. The van der Waals surface area contributed by atoms with Crippen LogP contribution in [0.25, 0.3) is 6.08 Å². The van der Waals surface area contributed by atoms with E-state index in [2.05, 4.69) is 17.9 Å². The van der Waals surface area contributed by atoms with Crippen molar-refractivity contribution in [1.29, 1.82) is 0 Å². The molecule has 0 saturated carbocycles. The Morgan fingerprint density at radius 1 is 1.44 bits per heavy atom. The highest BCUT2D eigenvalue weighted by atomic mass is 16.4. The Morgan fingerprint density at radius 3 is 2.78 bits per heavy atom. The minimum atomic E-state index is -0.918. The summed E-state index contributed by atoms with van der Waals surface area (Å²) in [5.74, 6) is -0.918. The number of aryl methyl sites for hydroxylation is 1. The van der Waals surface area contributed by atoms with Crippen LogP contribution in [0.2, 0.25) is 0 Å². The standard InChI is InChI=1S/C15H21NO2/c1-4-5-10-16(3)14-8-6-12(2)11-13(14)7-9-15(17)18/h6-9,11H,4-5,10H2,1-3H3,(H,17,18)/b9-7+. The van der Waals surface area contributed by atoms with Gasteiger partial charge in [0.25, 0.3) is 0 Å². The number of hydrogen-bond acceptors (Lipinski definition) is 2. The second-order valence-corrected chi connectivity index (χ2v) is 4.51. The van der Waals surface area contributed by atoms with Gasteiger partial charge in [-0.25, -0.2) is 4.79 Å². The first-order chi connectivity index (χ1) is 8.54. The lowest BCUT2D eigenvalue weighted by Gasteiger charge is -2.21. The molecule has 0 heterocycles. The average molecular weight is 247 g/mol. The number of nitrogens with zero attached hydrogens (tertiary/aromatic N) is 1. The largest absolute Gasteiger partial charge is 0.478 e. The molecule has 0 amide bonds. The first-order valence-corrected chi connectivity index (χ1v) is 6.27. The maximum atomic E-state index is 10.6. The van der Waals surface area contributed by atoms with Gasteiger partial charge in [-0.15, -0.1) is 0 Å². The number of aliphatic carboxylic acids is 1. The van der Waals surface area contributed by atoms with E-state index in [1.54, 1.807) is 6.08 Å². The lowest BCUT2D eigenvalue weighted by molar-refractivity contribution is -0.131. The molecule has 0 radical (unpaired) electrons. The summed E-state index contributed by atoms with van der Waals surface area (Å²) in [6.07, 6.45) is 5.13. The number of carboxylic acids is 1. The van der Waals surface area contributed by atoms with E-state index >= 15 is 0 Å². The topological polar surface area (TPSA) is 40.5 Å². The highest BCUT2D eigenvalue weighted by Crippen LogP contribution is 2.22. The molecule has 0 saturated heterocycles. The predicted octanol–water partition coefficient (Wildman–Crippen LogP) is 3.33. The van der Waals surface area contributed by atoms with E-state index < -0.39 is 5.97 Å². The number of carboxylic acid groups (broad SMARTS) is 1. The van der Waals surface area contributed by atoms with Crippen molar-refractivity contribution >= 4 is 17.7 Å². The zero-order chi connectivity index (χ0) is 13.5. The van der Waals surface area contributed by atoms with Crippen molar-refractivity contribution in [1.82, 2.24) is 0 Å². The smallest absolute Gasteiger partial charge is 0.328 e. The number of anilines is 1. The number of unbranched alkanes of at least 4 members (excludes halogenated alkanes) is 1. The fourth-order valence-corrected chi connectivity index (χ4v) is 1.83. The summed E-state index contributed by atoms with van der Waals surface area (Å²) in [5, 5.41) is 8.71. The Labute approximate surface area is 109 Å². The molecule has 1 rings (SSSR count). The average Bonchev–Trinajstić information content (AvgIpc) is 2.33. The molecule has 0 spiro atoms. The van der Waals surface area contributed by atoms with Crippen LogP contribution in [-0.4, -0.2) is 24.7 Å². The molecular weight excluding hydrogens is 226 g/mol. The van der Waals surface area contributed by atoms with Crippen LogP contribution in [-0.2, 0) is 4.79 Å². The summed E-state index contributed by atoms with van der Waals surface area (Å²) in [5.41, 5.74) is 3.16. The SMILES string of the molecule is CCCCN(C)c1ccc(C)cc1/C=C/C(=O)O. The fourth-order valence-electron chi connectivity index (χ4n) is 1.83. The molecule has 0 fully saturated rings. The fraction of sp³-hybridized carbons (Fsp3) is 0.400. The summed E-state index contributed by atoms with van der Waals surface area (Å²) in [6, 6.07) is 6.11. The predicted molar refractivity (Wildman–Crippen MR) is 76.0 cm³/mol. The first kappa shape index (κ1) is 14.3. The van der Waals surface area contributed by atoms with Gasteiger partial charge in [-0.2, -0.15) is 0 Å². The summed E-state index contributed by atoms with van der Waals surface area (Å²) in [4.78, 5) is 12.8. The monoisotopic (exact) mass is 247 g/mol. The van der Waals surface area contributed by atoms with E-state index in [4.69, 9.17) is 5.11 Å². The Balaban J connectivity index is 2.98. The minimum Gasteiger partial charge on any atom is -0.478 e. The molecule has 0 atom stereocenters. The molecule has 0 aromatic heterocycles. The Kier molecular flexibility index (Phi) is 5.43. The van der Waals surface area contributed by atoms with Crippen LogP contribution >= 0.6 is 0 Å². The molecule has 18 heavy (non-hydrogen) atoms. The van der Waals surface area contributed by atoms with Gasteiger partial charge in [0.15, 0.2) is 0 Å². The zero-order valence-corrected chi connectivity index (χ0v) is 11.3. The van der Waals surface area contributed by atoms with Gasteiger partial charge in [0.2, 0.25) is 0 Å². The molecule has 0 aliphatic heterocycles. The van der Waals surface area contributed by atoms with Crippen molar-refractivity contribution in [2.45, 2.75) is 26.7 Å². The van der Waals surface area contributed by atoms with E-state index in [-0.39, 0.29) is 0 Å². The van der Waals surface area contributed by atoms with Gasteiger partial charge in [-0.3, -0.25) is 0 Å². The molecular formula is C15H21NO2. The molecule has 0 aliphatic carbocycles. The second kappa shape index (κ2) is 6.84. The maximum Gasteiger partial charge on any atom is 0.328 e. The maximum absolute atomic E-state index is 10.6. The molecule has 1 aromatic rings. The Bertz CT molecular complexity index is 438. The van der Waals surface area contributed by atoms with Crippen LogP contribution in [0.4, 0.5) is 5.69 Å². The summed E-state index contributed by atoms with van der Waals surface area (Å²) < 4.78 is 0. The van der Waals surface area contributed by atoms with Crippen LogP contribution in [0.5, 0.6) is 0 Å². The third-order valence-corrected chi connectivity index (χ3v) is 2.85. The lowest BCUT2D eigenvalue weighted by Crippen LogP contribution is -2.19. The van der Waals surface area contributed by atoms with Gasteiger partial charge in [-0.05, 0) is 37.1 Å². The summed E-state index contributed by atoms with van der Waals surface area (Å²) >= 11 is 0. The van der Waals surface area contributed by atoms with Crippen molar-refractivity contribution in [3.05, 3.63) is 35.4 Å². The van der Waals surface area contributed by atoms with Crippen LogP contribution in [0.1, 0.15) is 30.9 Å². The quantitative estimate of drug-likeness (QED) is 0.784. The van der Waals surface area contributed by atoms with Gasteiger partial charge >= 0.3 is 5.97 Å². The van der Waals surface area contributed by atoms with Gasteiger partial charge in [-0.1, -0.05) is 25.0 Å². The molecule has 1 N–H and O–H groups in total. The van der Waals surface area contributed by atoms with Gasteiger partial charge < -0.3 is 10.0 Å².